The fraction of sp³-hybridized carbons (Fsp3) is 0.533. The summed E-state index contributed by atoms with van der Waals surface area (Å²) in [5, 5.41) is 0. The van der Waals surface area contributed by atoms with Gasteiger partial charge < -0.3 is 15.0 Å². The van der Waals surface area contributed by atoms with E-state index >= 15 is 0 Å². The Morgan fingerprint density at radius 1 is 1.40 bits per heavy atom. The maximum absolute atomic E-state index is 13.8. The molecule has 1 aromatic heterocycles. The zero-order chi connectivity index (χ0) is 14.3. The fourth-order valence-corrected chi connectivity index (χ4v) is 3.29. The fourth-order valence-electron chi connectivity index (χ4n) is 3.29. The number of nitrogens with two attached hydrogens (primary N) is 1. The van der Waals surface area contributed by atoms with Crippen molar-refractivity contribution in [3.05, 3.63) is 17.9 Å². The highest BCUT2D eigenvalue weighted by molar-refractivity contribution is 5.80. The van der Waals surface area contributed by atoms with Crippen molar-refractivity contribution in [3.8, 4) is 5.75 Å². The van der Waals surface area contributed by atoms with Gasteiger partial charge in [-0.15, -0.1) is 0 Å². The van der Waals surface area contributed by atoms with Gasteiger partial charge in [-0.1, -0.05) is 19.8 Å². The molecule has 0 spiro atoms. The van der Waals surface area contributed by atoms with Crippen LogP contribution in [0.4, 0.5) is 10.3 Å². The van der Waals surface area contributed by atoms with Crippen LogP contribution < -0.4 is 10.5 Å². The van der Waals surface area contributed by atoms with Gasteiger partial charge in [0.2, 0.25) is 5.95 Å². The number of fused-ring (bicyclic) bond motifs is 1. The molecular formula is C15H20FN3O. The lowest BCUT2D eigenvalue weighted by Crippen LogP contribution is -2.19. The number of aromatic nitrogens is 2. The third-order valence-corrected chi connectivity index (χ3v) is 4.26. The summed E-state index contributed by atoms with van der Waals surface area (Å²) in [7, 11) is 1.47. The maximum atomic E-state index is 13.8. The van der Waals surface area contributed by atoms with Crippen molar-refractivity contribution >= 4 is 17.0 Å². The molecule has 0 bridgehead atoms. The summed E-state index contributed by atoms with van der Waals surface area (Å²) < 4.78 is 20.9. The molecule has 2 aromatic rings. The van der Waals surface area contributed by atoms with Gasteiger partial charge in [0.1, 0.15) is 0 Å². The lowest BCUT2D eigenvalue weighted by Gasteiger charge is -2.28. The second kappa shape index (κ2) is 4.96. The van der Waals surface area contributed by atoms with Gasteiger partial charge >= 0.3 is 0 Å². The third kappa shape index (κ3) is 2.11. The molecule has 1 aromatic carbocycles. The Morgan fingerprint density at radius 3 is 2.90 bits per heavy atom. The van der Waals surface area contributed by atoms with E-state index < -0.39 is 5.82 Å². The first-order chi connectivity index (χ1) is 9.60. The summed E-state index contributed by atoms with van der Waals surface area (Å²) in [4.78, 5) is 4.29. The number of benzene rings is 1. The van der Waals surface area contributed by atoms with Crippen LogP contribution in [0.5, 0.6) is 5.75 Å². The van der Waals surface area contributed by atoms with Crippen LogP contribution in [0.3, 0.4) is 0 Å². The van der Waals surface area contributed by atoms with Crippen LogP contribution in [-0.4, -0.2) is 16.7 Å². The maximum Gasteiger partial charge on any atom is 0.201 e. The number of methoxy groups -OCH3 is 1. The lowest BCUT2D eigenvalue weighted by atomic mass is 9.87. The minimum atomic E-state index is -0.401. The highest BCUT2D eigenvalue weighted by Crippen LogP contribution is 2.37. The Kier molecular flexibility index (Phi) is 3.28. The topological polar surface area (TPSA) is 53.1 Å². The molecule has 3 rings (SSSR count). The van der Waals surface area contributed by atoms with Gasteiger partial charge in [-0.3, -0.25) is 0 Å². The van der Waals surface area contributed by atoms with Crippen LogP contribution >= 0.6 is 0 Å². The average Bonchev–Trinajstić information content (AvgIpc) is 2.72. The molecule has 2 N–H and O–H groups in total. The summed E-state index contributed by atoms with van der Waals surface area (Å²) in [6, 6.07) is 3.44. The van der Waals surface area contributed by atoms with E-state index in [0.29, 0.717) is 23.4 Å². The predicted molar refractivity (Wildman–Crippen MR) is 77.3 cm³/mol. The molecule has 1 saturated carbocycles. The smallest absolute Gasteiger partial charge is 0.201 e. The molecule has 4 nitrogen and oxygen atoms in total. The van der Waals surface area contributed by atoms with Gasteiger partial charge in [0.15, 0.2) is 11.6 Å². The summed E-state index contributed by atoms with van der Waals surface area (Å²) in [6.07, 6.45) is 4.65. The molecule has 2 atom stereocenters. The zero-order valence-electron chi connectivity index (χ0n) is 11.9. The quantitative estimate of drug-likeness (QED) is 0.913. The van der Waals surface area contributed by atoms with Crippen LogP contribution in [-0.2, 0) is 0 Å². The first kappa shape index (κ1) is 13.2. The van der Waals surface area contributed by atoms with Crippen molar-refractivity contribution in [2.75, 3.05) is 12.8 Å². The van der Waals surface area contributed by atoms with Crippen LogP contribution in [0.2, 0.25) is 0 Å². The number of anilines is 1. The first-order valence-electron chi connectivity index (χ1n) is 7.11. The Morgan fingerprint density at radius 2 is 2.20 bits per heavy atom. The Bertz CT molecular complexity index is 638. The van der Waals surface area contributed by atoms with Gasteiger partial charge in [0, 0.05) is 18.2 Å². The van der Waals surface area contributed by atoms with E-state index in [1.165, 1.54) is 26.0 Å². The second-order valence-electron chi connectivity index (χ2n) is 5.74. The average molecular weight is 277 g/mol. The molecule has 0 amide bonds. The Balaban J connectivity index is 2.11. The van der Waals surface area contributed by atoms with E-state index in [2.05, 4.69) is 11.9 Å². The van der Waals surface area contributed by atoms with Gasteiger partial charge in [-0.25, -0.2) is 9.37 Å². The van der Waals surface area contributed by atoms with E-state index in [-0.39, 0.29) is 5.75 Å². The molecule has 1 heterocycles. The molecule has 5 heteroatoms. The largest absolute Gasteiger partial charge is 0.494 e. The zero-order valence-corrected chi connectivity index (χ0v) is 11.9. The number of nitrogen functional groups attached to an aromatic ring is 1. The van der Waals surface area contributed by atoms with Gasteiger partial charge in [0.05, 0.1) is 18.1 Å². The SMILES string of the molecule is COc1cc2c(cc1F)nc(N)n2C1CCCC(C)C1. The molecule has 108 valence electrons. The Hall–Kier alpha value is -1.78. The standard InChI is InChI=1S/C15H20FN3O/c1-9-4-3-5-10(6-9)19-13-8-14(20-2)11(16)7-12(13)18-15(19)17/h7-10H,3-6H2,1-2H3,(H2,17,18). The van der Waals surface area contributed by atoms with Crippen LogP contribution in [0.25, 0.3) is 11.0 Å². The van der Waals surface area contributed by atoms with Crippen molar-refractivity contribution < 1.29 is 9.13 Å². The van der Waals surface area contributed by atoms with Gasteiger partial charge in [-0.2, -0.15) is 0 Å². The molecule has 1 aliphatic rings. The van der Waals surface area contributed by atoms with Crippen molar-refractivity contribution in [3.63, 3.8) is 0 Å². The number of hydrogen-bond donors (Lipinski definition) is 1. The van der Waals surface area contributed by atoms with Crippen LogP contribution in [0.15, 0.2) is 12.1 Å². The van der Waals surface area contributed by atoms with E-state index in [1.54, 1.807) is 6.07 Å². The minimum Gasteiger partial charge on any atom is -0.494 e. The lowest BCUT2D eigenvalue weighted by molar-refractivity contribution is 0.289. The molecule has 1 fully saturated rings. The summed E-state index contributed by atoms with van der Waals surface area (Å²) in [6.45, 7) is 2.27. The van der Waals surface area contributed by atoms with E-state index in [9.17, 15) is 4.39 Å². The third-order valence-electron chi connectivity index (χ3n) is 4.26. The number of nitrogens with zero attached hydrogens (tertiary/aromatic N) is 2. The molecule has 0 saturated heterocycles. The summed E-state index contributed by atoms with van der Waals surface area (Å²) in [5.41, 5.74) is 7.52. The van der Waals surface area contributed by atoms with Crippen molar-refractivity contribution in [1.82, 2.24) is 9.55 Å². The second-order valence-corrected chi connectivity index (χ2v) is 5.74. The molecular weight excluding hydrogens is 257 g/mol. The normalized spacial score (nSPS) is 23.1. The van der Waals surface area contributed by atoms with Crippen molar-refractivity contribution in [2.24, 2.45) is 5.92 Å². The summed E-state index contributed by atoms with van der Waals surface area (Å²) >= 11 is 0. The van der Waals surface area contributed by atoms with E-state index in [1.807, 2.05) is 4.57 Å². The molecule has 0 radical (unpaired) electrons. The number of hydrogen-bond acceptors (Lipinski definition) is 3. The highest BCUT2D eigenvalue weighted by atomic mass is 19.1. The molecule has 1 aliphatic carbocycles. The number of halogens is 1. The van der Waals surface area contributed by atoms with Gasteiger partial charge in [0.25, 0.3) is 0 Å². The number of ether oxygens (including phenoxy) is 1. The number of imidazole rings is 1. The minimum absolute atomic E-state index is 0.238. The molecule has 20 heavy (non-hydrogen) atoms. The van der Waals surface area contributed by atoms with Crippen LogP contribution in [0, 0.1) is 11.7 Å². The van der Waals surface area contributed by atoms with Crippen molar-refractivity contribution in [2.45, 2.75) is 38.6 Å². The Labute approximate surface area is 117 Å². The van der Waals surface area contributed by atoms with E-state index in [0.717, 1.165) is 18.4 Å². The first-order valence-corrected chi connectivity index (χ1v) is 7.11. The molecule has 2 unspecified atom stereocenters. The number of rotatable bonds is 2. The monoisotopic (exact) mass is 277 g/mol. The van der Waals surface area contributed by atoms with Crippen LogP contribution in [0.1, 0.15) is 38.6 Å². The highest BCUT2D eigenvalue weighted by Gasteiger charge is 2.24. The van der Waals surface area contributed by atoms with E-state index in [4.69, 9.17) is 10.5 Å². The molecule has 0 aliphatic heterocycles. The van der Waals surface area contributed by atoms with Crippen molar-refractivity contribution in [1.29, 1.82) is 0 Å². The predicted octanol–water partition coefficient (Wildman–Crippen LogP) is 3.52. The van der Waals surface area contributed by atoms with Gasteiger partial charge in [-0.05, 0) is 18.8 Å². The summed E-state index contributed by atoms with van der Waals surface area (Å²) in [5.74, 6) is 0.990.